The lowest BCUT2D eigenvalue weighted by Crippen LogP contribution is -2.31. The minimum absolute atomic E-state index is 0.0167. The van der Waals surface area contributed by atoms with E-state index in [9.17, 15) is 31.5 Å². The van der Waals surface area contributed by atoms with E-state index in [0.29, 0.717) is 17.1 Å². The van der Waals surface area contributed by atoms with E-state index in [4.69, 9.17) is 5.21 Å². The standard InChI is InChI=1S/C29H35F3N4O5S/c1-7-42(40,41)22-12-10-19(11-13-22)24(16-37)33-26(38)25-18(3)36(27(34-25)28(4,5)6)15-21-9-8-20(17(2)35-39)14-23(21)29(30,31)32/h8-14,24,37,39H,7,15-16H2,1-6H3,(H,33,38)/b35-17-/t24-/m1/s1. The van der Waals surface area contributed by atoms with E-state index in [2.05, 4.69) is 15.5 Å². The lowest BCUT2D eigenvalue weighted by molar-refractivity contribution is -0.138. The van der Waals surface area contributed by atoms with E-state index in [-0.39, 0.29) is 39.7 Å². The molecule has 0 aliphatic carbocycles. The molecule has 3 N–H and O–H groups in total. The van der Waals surface area contributed by atoms with E-state index in [1.165, 1.54) is 50.2 Å². The fraction of sp³-hybridized carbons (Fsp3) is 0.414. The summed E-state index contributed by atoms with van der Waals surface area (Å²) >= 11 is 0. The second-order valence-electron chi connectivity index (χ2n) is 10.9. The summed E-state index contributed by atoms with van der Waals surface area (Å²) in [7, 11) is -3.43. The average molecular weight is 609 g/mol. The van der Waals surface area contributed by atoms with Crippen molar-refractivity contribution in [2.75, 3.05) is 12.4 Å². The number of oxime groups is 1. The van der Waals surface area contributed by atoms with Crippen molar-refractivity contribution in [1.82, 2.24) is 14.9 Å². The van der Waals surface area contributed by atoms with Gasteiger partial charge in [0.1, 0.15) is 11.5 Å². The van der Waals surface area contributed by atoms with Crippen molar-refractivity contribution in [3.63, 3.8) is 0 Å². The lowest BCUT2D eigenvalue weighted by atomic mass is 9.95. The molecular weight excluding hydrogens is 573 g/mol. The minimum Gasteiger partial charge on any atom is -0.411 e. The van der Waals surface area contributed by atoms with E-state index < -0.39 is 45.5 Å². The number of nitrogens with zero attached hydrogens (tertiary/aromatic N) is 3. The molecule has 3 rings (SSSR count). The number of carbonyl (C=O) groups excluding carboxylic acids is 1. The Kier molecular flexibility index (Phi) is 9.57. The molecule has 0 fully saturated rings. The molecule has 42 heavy (non-hydrogen) atoms. The number of aliphatic hydroxyl groups is 1. The van der Waals surface area contributed by atoms with Crippen LogP contribution in [0.15, 0.2) is 52.5 Å². The molecule has 228 valence electrons. The maximum absolute atomic E-state index is 14.1. The van der Waals surface area contributed by atoms with E-state index in [1.54, 1.807) is 11.5 Å². The molecule has 9 nitrogen and oxygen atoms in total. The largest absolute Gasteiger partial charge is 0.416 e. The first-order valence-corrected chi connectivity index (χ1v) is 14.8. The van der Waals surface area contributed by atoms with Crippen molar-refractivity contribution < 1.29 is 36.7 Å². The van der Waals surface area contributed by atoms with Crippen molar-refractivity contribution >= 4 is 21.5 Å². The van der Waals surface area contributed by atoms with Gasteiger partial charge in [0, 0.05) is 17.7 Å². The number of hydrogen-bond acceptors (Lipinski definition) is 7. The highest BCUT2D eigenvalue weighted by molar-refractivity contribution is 7.91. The van der Waals surface area contributed by atoms with Crippen molar-refractivity contribution in [1.29, 1.82) is 0 Å². The van der Waals surface area contributed by atoms with Crippen molar-refractivity contribution in [2.24, 2.45) is 5.16 Å². The Balaban J connectivity index is 2.01. The molecule has 0 unspecified atom stereocenters. The first-order chi connectivity index (χ1) is 19.4. The number of rotatable bonds is 9. The van der Waals surface area contributed by atoms with Crippen LogP contribution in [-0.2, 0) is 28.0 Å². The number of nitrogens with one attached hydrogen (secondary N) is 1. The van der Waals surface area contributed by atoms with Gasteiger partial charge in [-0.05, 0) is 48.7 Å². The minimum atomic E-state index is -4.70. The number of hydrogen-bond donors (Lipinski definition) is 3. The molecule has 0 bridgehead atoms. The highest BCUT2D eigenvalue weighted by Gasteiger charge is 2.35. The summed E-state index contributed by atoms with van der Waals surface area (Å²) in [5, 5.41) is 24.7. The fourth-order valence-corrected chi connectivity index (χ4v) is 5.37. The van der Waals surface area contributed by atoms with Gasteiger partial charge in [-0.25, -0.2) is 13.4 Å². The van der Waals surface area contributed by atoms with Gasteiger partial charge < -0.3 is 20.2 Å². The molecular formula is C29H35F3N4O5S. The van der Waals surface area contributed by atoms with Crippen LogP contribution in [0, 0.1) is 6.92 Å². The van der Waals surface area contributed by atoms with Crippen LogP contribution in [-0.4, -0.2) is 52.3 Å². The van der Waals surface area contributed by atoms with Crippen molar-refractivity contribution in [3.8, 4) is 0 Å². The van der Waals surface area contributed by atoms with Gasteiger partial charge in [-0.1, -0.05) is 57.1 Å². The summed E-state index contributed by atoms with van der Waals surface area (Å²) in [6, 6.07) is 8.57. The van der Waals surface area contributed by atoms with Gasteiger partial charge in [-0.15, -0.1) is 0 Å². The zero-order valence-corrected chi connectivity index (χ0v) is 25.1. The predicted octanol–water partition coefficient (Wildman–Crippen LogP) is 5.01. The summed E-state index contributed by atoms with van der Waals surface area (Å²) < 4.78 is 68.0. The van der Waals surface area contributed by atoms with Crippen LogP contribution in [0.25, 0.3) is 0 Å². The van der Waals surface area contributed by atoms with Gasteiger partial charge >= 0.3 is 6.18 Å². The maximum Gasteiger partial charge on any atom is 0.416 e. The monoisotopic (exact) mass is 608 g/mol. The van der Waals surface area contributed by atoms with Gasteiger partial charge in [0.15, 0.2) is 9.84 Å². The normalized spacial score (nSPS) is 13.7. The molecule has 0 aliphatic heterocycles. The lowest BCUT2D eigenvalue weighted by Gasteiger charge is -2.22. The zero-order chi connectivity index (χ0) is 31.6. The van der Waals surface area contributed by atoms with Gasteiger partial charge in [0.05, 0.1) is 34.6 Å². The summed E-state index contributed by atoms with van der Waals surface area (Å²) in [6.07, 6.45) is -4.70. The Bertz CT molecular complexity index is 1590. The van der Waals surface area contributed by atoms with E-state index >= 15 is 0 Å². The van der Waals surface area contributed by atoms with Crippen LogP contribution in [0.5, 0.6) is 0 Å². The van der Waals surface area contributed by atoms with Crippen LogP contribution in [0.2, 0.25) is 0 Å². The Hall–Kier alpha value is -3.71. The summed E-state index contributed by atoms with van der Waals surface area (Å²) in [6.45, 7) is 9.24. The Morgan fingerprint density at radius 2 is 1.74 bits per heavy atom. The average Bonchev–Trinajstić information content (AvgIpc) is 3.27. The first kappa shape index (κ1) is 32.8. The van der Waals surface area contributed by atoms with Gasteiger partial charge in [0.2, 0.25) is 0 Å². The van der Waals surface area contributed by atoms with Gasteiger partial charge in [-0.2, -0.15) is 13.2 Å². The van der Waals surface area contributed by atoms with Crippen LogP contribution < -0.4 is 5.32 Å². The summed E-state index contributed by atoms with van der Waals surface area (Å²) in [5.41, 5.74) is -0.714. The molecule has 0 aliphatic rings. The number of carbonyl (C=O) groups is 1. The smallest absolute Gasteiger partial charge is 0.411 e. The number of aromatic nitrogens is 2. The fourth-order valence-electron chi connectivity index (χ4n) is 4.48. The highest BCUT2D eigenvalue weighted by Crippen LogP contribution is 2.35. The second kappa shape index (κ2) is 12.3. The number of benzene rings is 2. The van der Waals surface area contributed by atoms with Crippen molar-refractivity contribution in [2.45, 2.75) is 70.6 Å². The third kappa shape index (κ3) is 7.01. The first-order valence-electron chi connectivity index (χ1n) is 13.2. The van der Waals surface area contributed by atoms with Crippen LogP contribution in [0.1, 0.15) is 84.9 Å². The molecule has 1 heterocycles. The van der Waals surface area contributed by atoms with Gasteiger partial charge in [0.25, 0.3) is 5.91 Å². The molecule has 0 spiro atoms. The third-order valence-corrected chi connectivity index (χ3v) is 8.68. The Labute approximate surface area is 243 Å². The molecule has 0 radical (unpaired) electrons. The SMILES string of the molecule is CCS(=O)(=O)c1ccc([C@@H](CO)NC(=O)c2nc(C(C)(C)C)n(Cc3ccc(/C(C)=N\O)cc3C(F)(F)F)c2C)cc1. The van der Waals surface area contributed by atoms with Crippen LogP contribution in [0.4, 0.5) is 13.2 Å². The Morgan fingerprint density at radius 1 is 1.12 bits per heavy atom. The zero-order valence-electron chi connectivity index (χ0n) is 24.2. The van der Waals surface area contributed by atoms with Crippen LogP contribution in [0.3, 0.4) is 0 Å². The summed E-state index contributed by atoms with van der Waals surface area (Å²) in [4.78, 5) is 18.0. The maximum atomic E-state index is 14.1. The van der Waals surface area contributed by atoms with Crippen molar-refractivity contribution in [3.05, 3.63) is 81.9 Å². The third-order valence-electron chi connectivity index (χ3n) is 6.93. The Morgan fingerprint density at radius 3 is 2.24 bits per heavy atom. The second-order valence-corrected chi connectivity index (χ2v) is 13.2. The number of sulfone groups is 1. The van der Waals surface area contributed by atoms with E-state index in [0.717, 1.165) is 6.07 Å². The summed E-state index contributed by atoms with van der Waals surface area (Å²) in [5.74, 6) is -0.345. The topological polar surface area (TPSA) is 134 Å². The molecule has 2 aromatic carbocycles. The molecule has 3 aromatic rings. The van der Waals surface area contributed by atoms with E-state index in [1.807, 2.05) is 20.8 Å². The van der Waals surface area contributed by atoms with Crippen LogP contribution >= 0.6 is 0 Å². The highest BCUT2D eigenvalue weighted by atomic mass is 32.2. The number of alkyl halides is 3. The number of amides is 1. The molecule has 1 aromatic heterocycles. The molecule has 1 amide bonds. The molecule has 13 heteroatoms. The predicted molar refractivity (Wildman–Crippen MR) is 152 cm³/mol. The van der Waals surface area contributed by atoms with Gasteiger partial charge in [-0.3, -0.25) is 4.79 Å². The number of aliphatic hydroxyl groups excluding tert-OH is 1. The quantitative estimate of drug-likeness (QED) is 0.178. The molecule has 0 saturated carbocycles. The molecule has 1 atom stereocenters. The number of imidazole rings is 1. The molecule has 0 saturated heterocycles. The number of halogens is 3.